The van der Waals surface area contributed by atoms with Gasteiger partial charge in [0.1, 0.15) is 0 Å². The van der Waals surface area contributed by atoms with Gasteiger partial charge in [-0.25, -0.2) is 8.42 Å². The van der Waals surface area contributed by atoms with Gasteiger partial charge >= 0.3 is 5.97 Å². The molecule has 0 atom stereocenters. The number of ether oxygens (including phenoxy) is 1. The first kappa shape index (κ1) is 20.4. The third-order valence-corrected chi connectivity index (χ3v) is 6.27. The van der Waals surface area contributed by atoms with E-state index in [1.807, 2.05) is 6.92 Å². The molecule has 7 heteroatoms. The van der Waals surface area contributed by atoms with Crippen LogP contribution in [0.1, 0.15) is 50.5 Å². The van der Waals surface area contributed by atoms with Gasteiger partial charge in [0, 0.05) is 6.04 Å². The summed E-state index contributed by atoms with van der Waals surface area (Å²) >= 11 is 0. The molecule has 2 rings (SSSR count). The number of hydrogen-bond acceptors (Lipinski definition) is 5. The summed E-state index contributed by atoms with van der Waals surface area (Å²) in [5.74, 6) is -1.34. The van der Waals surface area contributed by atoms with Crippen LogP contribution in [0.15, 0.2) is 29.2 Å². The van der Waals surface area contributed by atoms with E-state index < -0.39 is 15.8 Å². The number of sulfone groups is 1. The van der Waals surface area contributed by atoms with Gasteiger partial charge in [-0.2, -0.15) is 0 Å². The van der Waals surface area contributed by atoms with E-state index in [4.69, 9.17) is 4.74 Å². The molecule has 0 heterocycles. The Labute approximate surface area is 155 Å². The van der Waals surface area contributed by atoms with Crippen molar-refractivity contribution in [3.05, 3.63) is 29.8 Å². The Morgan fingerprint density at radius 3 is 2.31 bits per heavy atom. The molecular formula is C19H27NO5S. The smallest absolute Gasteiger partial charge is 0.307 e. The predicted molar refractivity (Wildman–Crippen MR) is 98.4 cm³/mol. The van der Waals surface area contributed by atoms with Gasteiger partial charge < -0.3 is 10.1 Å². The first-order valence-electron chi connectivity index (χ1n) is 9.11. The number of amides is 1. The van der Waals surface area contributed by atoms with Crippen LogP contribution >= 0.6 is 0 Å². The molecule has 0 aromatic heterocycles. The summed E-state index contributed by atoms with van der Waals surface area (Å²) < 4.78 is 29.3. The highest BCUT2D eigenvalue weighted by atomic mass is 32.2. The fourth-order valence-corrected chi connectivity index (χ4v) is 4.21. The molecule has 0 spiro atoms. The van der Waals surface area contributed by atoms with Crippen LogP contribution in [-0.2, 0) is 24.2 Å². The molecule has 6 nitrogen and oxygen atoms in total. The monoisotopic (exact) mass is 381 g/mol. The molecule has 0 radical (unpaired) electrons. The number of hydrogen-bond donors (Lipinski definition) is 1. The SMILES string of the molecule is Cc1ccc(S(=O)(=O)CCC(=O)OCC(=O)NC2CCCCCC2)cc1. The molecule has 1 aromatic carbocycles. The first-order chi connectivity index (χ1) is 12.4. The van der Waals surface area contributed by atoms with Gasteiger partial charge in [0.05, 0.1) is 17.1 Å². The molecule has 0 saturated heterocycles. The van der Waals surface area contributed by atoms with Crippen LogP contribution in [0.5, 0.6) is 0 Å². The van der Waals surface area contributed by atoms with Crippen molar-refractivity contribution in [1.82, 2.24) is 5.32 Å². The Hall–Kier alpha value is -1.89. The Kier molecular flexibility index (Phi) is 7.63. The average molecular weight is 381 g/mol. The average Bonchev–Trinajstić information content (AvgIpc) is 2.87. The lowest BCUT2D eigenvalue weighted by atomic mass is 10.1. The summed E-state index contributed by atoms with van der Waals surface area (Å²) in [7, 11) is -3.54. The van der Waals surface area contributed by atoms with E-state index in [0.717, 1.165) is 31.2 Å². The van der Waals surface area contributed by atoms with Gasteiger partial charge in [0.2, 0.25) is 0 Å². The fourth-order valence-electron chi connectivity index (χ4n) is 2.99. The maximum absolute atomic E-state index is 12.2. The second-order valence-electron chi connectivity index (χ2n) is 6.80. The zero-order valence-electron chi connectivity index (χ0n) is 15.2. The number of carbonyl (C=O) groups excluding carboxylic acids is 2. The number of esters is 1. The van der Waals surface area contributed by atoms with E-state index in [-0.39, 0.29) is 35.6 Å². The molecule has 1 saturated carbocycles. The molecule has 1 N–H and O–H groups in total. The van der Waals surface area contributed by atoms with E-state index in [9.17, 15) is 18.0 Å². The van der Waals surface area contributed by atoms with Crippen LogP contribution in [0, 0.1) is 6.92 Å². The molecule has 0 aliphatic heterocycles. The van der Waals surface area contributed by atoms with Crippen LogP contribution in [-0.4, -0.2) is 38.7 Å². The van der Waals surface area contributed by atoms with E-state index >= 15 is 0 Å². The van der Waals surface area contributed by atoms with Crippen molar-refractivity contribution in [1.29, 1.82) is 0 Å². The van der Waals surface area contributed by atoms with Gasteiger partial charge in [0.15, 0.2) is 16.4 Å². The highest BCUT2D eigenvalue weighted by Gasteiger charge is 2.19. The molecule has 144 valence electrons. The minimum absolute atomic E-state index is 0.144. The molecule has 1 aliphatic carbocycles. The molecule has 1 fully saturated rings. The van der Waals surface area contributed by atoms with Gasteiger partial charge in [-0.05, 0) is 31.9 Å². The molecule has 1 aliphatic rings. The van der Waals surface area contributed by atoms with Crippen LogP contribution < -0.4 is 5.32 Å². The summed E-state index contributed by atoms with van der Waals surface area (Å²) in [6, 6.07) is 6.61. The number of benzene rings is 1. The van der Waals surface area contributed by atoms with Gasteiger partial charge in [-0.1, -0.05) is 43.4 Å². The lowest BCUT2D eigenvalue weighted by Crippen LogP contribution is -2.37. The first-order valence-corrected chi connectivity index (χ1v) is 10.8. The lowest BCUT2D eigenvalue weighted by molar-refractivity contribution is -0.148. The number of rotatable bonds is 7. The zero-order chi connectivity index (χ0) is 19.0. The fraction of sp³-hybridized carbons (Fsp3) is 0.579. The largest absolute Gasteiger partial charge is 0.456 e. The summed E-state index contributed by atoms with van der Waals surface area (Å²) in [6.07, 6.45) is 6.21. The Balaban J connectivity index is 1.72. The normalized spacial score (nSPS) is 15.9. The second kappa shape index (κ2) is 9.71. The minimum atomic E-state index is -3.54. The molecule has 26 heavy (non-hydrogen) atoms. The van der Waals surface area contributed by atoms with Gasteiger partial charge in [0.25, 0.3) is 5.91 Å². The van der Waals surface area contributed by atoms with E-state index in [0.29, 0.717) is 0 Å². The molecule has 1 aromatic rings. The second-order valence-corrected chi connectivity index (χ2v) is 8.91. The summed E-state index contributed by atoms with van der Waals surface area (Å²) in [4.78, 5) is 23.8. The van der Waals surface area contributed by atoms with E-state index in [2.05, 4.69) is 5.32 Å². The Morgan fingerprint density at radius 1 is 1.08 bits per heavy atom. The third kappa shape index (κ3) is 6.78. The number of nitrogens with one attached hydrogen (secondary N) is 1. The highest BCUT2D eigenvalue weighted by molar-refractivity contribution is 7.91. The van der Waals surface area contributed by atoms with Crippen molar-refractivity contribution in [3.63, 3.8) is 0 Å². The van der Waals surface area contributed by atoms with Gasteiger partial charge in [-0.15, -0.1) is 0 Å². The van der Waals surface area contributed by atoms with Crippen molar-refractivity contribution >= 4 is 21.7 Å². The maximum Gasteiger partial charge on any atom is 0.307 e. The predicted octanol–water partition coefficient (Wildman–Crippen LogP) is 2.54. The third-order valence-electron chi connectivity index (χ3n) is 4.54. The van der Waals surface area contributed by atoms with Crippen molar-refractivity contribution in [2.24, 2.45) is 0 Å². The standard InChI is InChI=1S/C19H27NO5S/c1-15-8-10-17(11-9-15)26(23,24)13-12-19(22)25-14-18(21)20-16-6-4-2-3-5-7-16/h8-11,16H,2-7,12-14H2,1H3,(H,20,21). The molecule has 0 bridgehead atoms. The topological polar surface area (TPSA) is 89.5 Å². The maximum atomic E-state index is 12.2. The van der Waals surface area contributed by atoms with Gasteiger partial charge in [-0.3, -0.25) is 9.59 Å². The quantitative estimate of drug-likeness (QED) is 0.579. The van der Waals surface area contributed by atoms with Crippen LogP contribution in [0.4, 0.5) is 0 Å². The number of aryl methyl sites for hydroxylation is 1. The minimum Gasteiger partial charge on any atom is -0.456 e. The van der Waals surface area contributed by atoms with Crippen LogP contribution in [0.3, 0.4) is 0 Å². The lowest BCUT2D eigenvalue weighted by Gasteiger charge is -2.16. The zero-order valence-corrected chi connectivity index (χ0v) is 16.0. The Morgan fingerprint density at radius 2 is 1.69 bits per heavy atom. The van der Waals surface area contributed by atoms with Crippen molar-refractivity contribution < 1.29 is 22.7 Å². The Bertz CT molecular complexity index is 704. The van der Waals surface area contributed by atoms with Crippen molar-refractivity contribution in [2.75, 3.05) is 12.4 Å². The van der Waals surface area contributed by atoms with Crippen LogP contribution in [0.2, 0.25) is 0 Å². The highest BCUT2D eigenvalue weighted by Crippen LogP contribution is 2.17. The van der Waals surface area contributed by atoms with Crippen molar-refractivity contribution in [2.45, 2.75) is 62.8 Å². The molecular weight excluding hydrogens is 354 g/mol. The van der Waals surface area contributed by atoms with Crippen molar-refractivity contribution in [3.8, 4) is 0 Å². The summed E-state index contributed by atoms with van der Waals surface area (Å²) in [6.45, 7) is 1.51. The summed E-state index contributed by atoms with van der Waals surface area (Å²) in [5, 5.41) is 2.88. The van der Waals surface area contributed by atoms with E-state index in [1.165, 1.54) is 25.0 Å². The van der Waals surface area contributed by atoms with E-state index in [1.54, 1.807) is 12.1 Å². The molecule has 1 amide bonds. The van der Waals surface area contributed by atoms with Crippen LogP contribution in [0.25, 0.3) is 0 Å². The molecule has 0 unspecified atom stereocenters. The number of carbonyl (C=O) groups is 2. The summed E-state index contributed by atoms with van der Waals surface area (Å²) in [5.41, 5.74) is 0.961.